The molecule has 3 N–H and O–H groups in total. The molecule has 1 aromatic rings. The van der Waals surface area contributed by atoms with Crippen LogP contribution in [0.2, 0.25) is 0 Å². The largest absolute Gasteiger partial charge is 0.388 e. The number of carbonyl (C=O) groups is 1. The van der Waals surface area contributed by atoms with Gasteiger partial charge in [0.1, 0.15) is 18.0 Å². The number of aryl methyl sites for hydroxylation is 1. The van der Waals surface area contributed by atoms with Crippen molar-refractivity contribution >= 4 is 5.91 Å². The lowest BCUT2D eigenvalue weighted by Crippen LogP contribution is -2.34. The standard InChI is InChI=1S/C10H15N3O3/c1-6-11-3-8(4-12-6)10(16)9(15)5-13-7(2)14/h3-4,9-10,15-16H,5H2,1-2H3,(H,13,14). The van der Waals surface area contributed by atoms with Crippen molar-refractivity contribution in [3.05, 3.63) is 23.8 Å². The molecule has 0 fully saturated rings. The zero-order chi connectivity index (χ0) is 12.1. The van der Waals surface area contributed by atoms with E-state index in [9.17, 15) is 15.0 Å². The van der Waals surface area contributed by atoms with Gasteiger partial charge in [0.05, 0.1) is 0 Å². The maximum Gasteiger partial charge on any atom is 0.216 e. The summed E-state index contributed by atoms with van der Waals surface area (Å²) in [5, 5.41) is 21.7. The van der Waals surface area contributed by atoms with Crippen molar-refractivity contribution in [2.45, 2.75) is 26.1 Å². The molecule has 2 atom stereocenters. The Balaban J connectivity index is 2.59. The molecule has 0 aliphatic carbocycles. The number of amides is 1. The Hall–Kier alpha value is -1.53. The van der Waals surface area contributed by atoms with E-state index in [1.54, 1.807) is 6.92 Å². The third kappa shape index (κ3) is 3.56. The Labute approximate surface area is 93.4 Å². The zero-order valence-corrected chi connectivity index (χ0v) is 9.21. The van der Waals surface area contributed by atoms with Crippen molar-refractivity contribution in [3.8, 4) is 0 Å². The van der Waals surface area contributed by atoms with E-state index in [1.165, 1.54) is 19.3 Å². The summed E-state index contributed by atoms with van der Waals surface area (Å²) >= 11 is 0. The molecule has 0 aromatic carbocycles. The average Bonchev–Trinajstić information content (AvgIpc) is 2.26. The predicted molar refractivity (Wildman–Crippen MR) is 56.4 cm³/mol. The quantitative estimate of drug-likeness (QED) is 0.630. The van der Waals surface area contributed by atoms with Gasteiger partial charge in [0.2, 0.25) is 5.91 Å². The first-order valence-electron chi connectivity index (χ1n) is 4.90. The lowest BCUT2D eigenvalue weighted by atomic mass is 10.1. The van der Waals surface area contributed by atoms with Crippen molar-refractivity contribution in [1.29, 1.82) is 0 Å². The molecule has 6 heteroatoms. The monoisotopic (exact) mass is 225 g/mol. The maximum atomic E-state index is 10.6. The summed E-state index contributed by atoms with van der Waals surface area (Å²) in [5.74, 6) is 0.332. The van der Waals surface area contributed by atoms with Crippen LogP contribution in [0, 0.1) is 6.92 Å². The topological polar surface area (TPSA) is 95.3 Å². The summed E-state index contributed by atoms with van der Waals surface area (Å²) < 4.78 is 0. The van der Waals surface area contributed by atoms with Gasteiger partial charge >= 0.3 is 0 Å². The predicted octanol–water partition coefficient (Wildman–Crippen LogP) is -0.685. The van der Waals surface area contributed by atoms with Gasteiger partial charge in [-0.2, -0.15) is 0 Å². The molecule has 0 aliphatic rings. The molecular weight excluding hydrogens is 210 g/mol. The Kier molecular flexibility index (Phi) is 4.33. The van der Waals surface area contributed by atoms with Crippen molar-refractivity contribution in [1.82, 2.24) is 15.3 Å². The molecule has 0 radical (unpaired) electrons. The Bertz CT molecular complexity index is 353. The highest BCUT2D eigenvalue weighted by molar-refractivity contribution is 5.72. The van der Waals surface area contributed by atoms with Gasteiger partial charge < -0.3 is 15.5 Å². The summed E-state index contributed by atoms with van der Waals surface area (Å²) in [5.41, 5.74) is 0.420. The number of aromatic nitrogens is 2. The van der Waals surface area contributed by atoms with Gasteiger partial charge in [-0.05, 0) is 6.92 Å². The van der Waals surface area contributed by atoms with Crippen LogP contribution in [0.5, 0.6) is 0 Å². The van der Waals surface area contributed by atoms with Crippen LogP contribution >= 0.6 is 0 Å². The molecule has 0 bridgehead atoms. The van der Waals surface area contributed by atoms with Gasteiger partial charge in [-0.3, -0.25) is 4.79 Å². The number of rotatable bonds is 4. The first kappa shape index (κ1) is 12.5. The van der Waals surface area contributed by atoms with Crippen molar-refractivity contribution in [3.63, 3.8) is 0 Å². The summed E-state index contributed by atoms with van der Waals surface area (Å²) in [4.78, 5) is 18.4. The van der Waals surface area contributed by atoms with Crippen LogP contribution in [-0.4, -0.2) is 38.7 Å². The van der Waals surface area contributed by atoms with Crippen LogP contribution in [0.15, 0.2) is 12.4 Å². The van der Waals surface area contributed by atoms with Crippen molar-refractivity contribution in [2.75, 3.05) is 6.54 Å². The molecule has 1 rings (SSSR count). The second-order valence-electron chi connectivity index (χ2n) is 3.51. The number of hydrogen-bond acceptors (Lipinski definition) is 5. The van der Waals surface area contributed by atoms with Gasteiger partial charge in [0, 0.05) is 31.4 Å². The number of hydrogen-bond donors (Lipinski definition) is 3. The van der Waals surface area contributed by atoms with Crippen molar-refractivity contribution < 1.29 is 15.0 Å². The van der Waals surface area contributed by atoms with Gasteiger partial charge in [-0.15, -0.1) is 0 Å². The molecule has 1 amide bonds. The molecule has 0 saturated heterocycles. The van der Waals surface area contributed by atoms with E-state index in [2.05, 4.69) is 15.3 Å². The van der Waals surface area contributed by atoms with E-state index < -0.39 is 12.2 Å². The van der Waals surface area contributed by atoms with Crippen LogP contribution in [0.3, 0.4) is 0 Å². The molecule has 0 saturated carbocycles. The third-order valence-electron chi connectivity index (χ3n) is 2.07. The summed E-state index contributed by atoms with van der Waals surface area (Å²) in [6.45, 7) is 3.06. The Morgan fingerprint density at radius 1 is 1.44 bits per heavy atom. The summed E-state index contributed by atoms with van der Waals surface area (Å²) in [7, 11) is 0. The highest BCUT2D eigenvalue weighted by atomic mass is 16.3. The lowest BCUT2D eigenvalue weighted by molar-refractivity contribution is -0.119. The number of aliphatic hydroxyl groups is 2. The van der Waals surface area contributed by atoms with Gasteiger partial charge in [0.25, 0.3) is 0 Å². The second kappa shape index (κ2) is 5.53. The SMILES string of the molecule is CC(=O)NCC(O)C(O)c1cnc(C)nc1. The molecule has 16 heavy (non-hydrogen) atoms. The molecule has 6 nitrogen and oxygen atoms in total. The molecule has 0 spiro atoms. The fourth-order valence-electron chi connectivity index (χ4n) is 1.14. The van der Waals surface area contributed by atoms with E-state index in [1.807, 2.05) is 0 Å². The van der Waals surface area contributed by atoms with E-state index >= 15 is 0 Å². The van der Waals surface area contributed by atoms with Crippen LogP contribution in [0.25, 0.3) is 0 Å². The van der Waals surface area contributed by atoms with Gasteiger partial charge in [0.15, 0.2) is 0 Å². The van der Waals surface area contributed by atoms with Gasteiger partial charge in [-0.1, -0.05) is 0 Å². The number of aliphatic hydroxyl groups excluding tert-OH is 2. The number of carbonyl (C=O) groups excluding carboxylic acids is 1. The first-order chi connectivity index (χ1) is 7.50. The Morgan fingerprint density at radius 2 is 2.00 bits per heavy atom. The third-order valence-corrected chi connectivity index (χ3v) is 2.07. The van der Waals surface area contributed by atoms with E-state index in [4.69, 9.17) is 0 Å². The molecular formula is C10H15N3O3. The van der Waals surface area contributed by atoms with E-state index in [0.717, 1.165) is 0 Å². The summed E-state index contributed by atoms with van der Waals surface area (Å²) in [6.07, 6.45) is 0.719. The van der Waals surface area contributed by atoms with E-state index in [0.29, 0.717) is 11.4 Å². The second-order valence-corrected chi connectivity index (χ2v) is 3.51. The first-order valence-corrected chi connectivity index (χ1v) is 4.90. The number of nitrogens with one attached hydrogen (secondary N) is 1. The zero-order valence-electron chi connectivity index (χ0n) is 9.21. The van der Waals surface area contributed by atoms with Crippen LogP contribution in [0.1, 0.15) is 24.4 Å². The molecule has 88 valence electrons. The normalized spacial score (nSPS) is 14.2. The highest BCUT2D eigenvalue weighted by Gasteiger charge is 2.19. The smallest absolute Gasteiger partial charge is 0.216 e. The van der Waals surface area contributed by atoms with Crippen LogP contribution in [-0.2, 0) is 4.79 Å². The average molecular weight is 225 g/mol. The molecule has 1 aromatic heterocycles. The molecule has 0 aliphatic heterocycles. The van der Waals surface area contributed by atoms with Gasteiger partial charge in [-0.25, -0.2) is 9.97 Å². The minimum absolute atomic E-state index is 0.00955. The Morgan fingerprint density at radius 3 is 2.50 bits per heavy atom. The minimum atomic E-state index is -1.10. The molecule has 1 heterocycles. The summed E-state index contributed by atoms with van der Waals surface area (Å²) in [6, 6.07) is 0. The highest BCUT2D eigenvalue weighted by Crippen LogP contribution is 2.14. The fraction of sp³-hybridized carbons (Fsp3) is 0.500. The van der Waals surface area contributed by atoms with Crippen LogP contribution < -0.4 is 5.32 Å². The van der Waals surface area contributed by atoms with E-state index in [-0.39, 0.29) is 12.5 Å². The minimum Gasteiger partial charge on any atom is -0.388 e. The van der Waals surface area contributed by atoms with Crippen LogP contribution in [0.4, 0.5) is 0 Å². The lowest BCUT2D eigenvalue weighted by Gasteiger charge is -2.17. The molecule has 2 unspecified atom stereocenters. The number of nitrogens with zero attached hydrogens (tertiary/aromatic N) is 2. The maximum absolute atomic E-state index is 10.6. The fourth-order valence-corrected chi connectivity index (χ4v) is 1.14. The van der Waals surface area contributed by atoms with Crippen molar-refractivity contribution in [2.24, 2.45) is 0 Å².